The molecule has 2 N–H and O–H groups in total. The first kappa shape index (κ1) is 16.7. The third kappa shape index (κ3) is 3.67. The van der Waals surface area contributed by atoms with Crippen molar-refractivity contribution in [3.63, 3.8) is 0 Å². The number of nitrogens with one attached hydrogen (secondary N) is 2. The molecular formula is C19H26N4O. The Balaban J connectivity index is 1.65. The molecule has 5 heteroatoms. The third-order valence-corrected chi connectivity index (χ3v) is 4.79. The topological polar surface area (TPSA) is 59.0 Å². The Labute approximate surface area is 143 Å². The van der Waals surface area contributed by atoms with Crippen LogP contribution in [0.2, 0.25) is 0 Å². The zero-order valence-corrected chi connectivity index (χ0v) is 14.5. The molecule has 0 aromatic carbocycles. The standard InChI is InChI=1S/C19H26N4O/c1-14-12-17(15(2)23(14)18-7-3-4-10-21-18)19(24)22-11-8-16-6-5-9-20-13-16/h3-4,7,10,12,16,20H,5-6,8-9,11,13H2,1-2H3,(H,22,24). The minimum Gasteiger partial charge on any atom is -0.352 e. The van der Waals surface area contributed by atoms with Gasteiger partial charge in [-0.3, -0.25) is 4.79 Å². The molecule has 0 aliphatic carbocycles. The molecule has 0 spiro atoms. The van der Waals surface area contributed by atoms with Gasteiger partial charge in [0.25, 0.3) is 5.91 Å². The van der Waals surface area contributed by atoms with Crippen LogP contribution in [-0.2, 0) is 0 Å². The smallest absolute Gasteiger partial charge is 0.253 e. The van der Waals surface area contributed by atoms with Crippen LogP contribution in [0.5, 0.6) is 0 Å². The number of nitrogens with zero attached hydrogens (tertiary/aromatic N) is 2. The average Bonchev–Trinajstić information content (AvgIpc) is 2.91. The number of aryl methyl sites for hydroxylation is 1. The third-order valence-electron chi connectivity index (χ3n) is 4.79. The molecule has 1 unspecified atom stereocenters. The van der Waals surface area contributed by atoms with Gasteiger partial charge < -0.3 is 15.2 Å². The Kier molecular flexibility index (Phi) is 5.30. The van der Waals surface area contributed by atoms with E-state index in [1.807, 2.05) is 42.7 Å². The summed E-state index contributed by atoms with van der Waals surface area (Å²) in [6.07, 6.45) is 5.31. The van der Waals surface area contributed by atoms with E-state index in [0.717, 1.165) is 48.8 Å². The Hall–Kier alpha value is -2.14. The van der Waals surface area contributed by atoms with Gasteiger partial charge >= 0.3 is 0 Å². The highest BCUT2D eigenvalue weighted by Gasteiger charge is 2.18. The van der Waals surface area contributed by atoms with Crippen LogP contribution in [0.4, 0.5) is 0 Å². The summed E-state index contributed by atoms with van der Waals surface area (Å²) in [4.78, 5) is 16.9. The summed E-state index contributed by atoms with van der Waals surface area (Å²) in [5.41, 5.74) is 2.69. The first-order valence-corrected chi connectivity index (χ1v) is 8.76. The lowest BCUT2D eigenvalue weighted by molar-refractivity contribution is 0.0950. The maximum atomic E-state index is 12.5. The van der Waals surface area contributed by atoms with Gasteiger partial charge in [-0.1, -0.05) is 6.07 Å². The number of carbonyl (C=O) groups excluding carboxylic acids is 1. The van der Waals surface area contributed by atoms with Crippen molar-refractivity contribution in [1.82, 2.24) is 20.2 Å². The van der Waals surface area contributed by atoms with Crippen molar-refractivity contribution in [3.05, 3.63) is 47.4 Å². The number of hydrogen-bond acceptors (Lipinski definition) is 3. The fourth-order valence-corrected chi connectivity index (χ4v) is 3.49. The van der Waals surface area contributed by atoms with Crippen molar-refractivity contribution in [2.24, 2.45) is 5.92 Å². The minimum absolute atomic E-state index is 0.00838. The van der Waals surface area contributed by atoms with Crippen molar-refractivity contribution in [2.45, 2.75) is 33.1 Å². The lowest BCUT2D eigenvalue weighted by atomic mass is 9.96. The van der Waals surface area contributed by atoms with Gasteiger partial charge in [-0.2, -0.15) is 0 Å². The van der Waals surface area contributed by atoms with Crippen LogP contribution >= 0.6 is 0 Å². The molecule has 1 aliphatic rings. The van der Waals surface area contributed by atoms with Crippen LogP contribution in [0.1, 0.15) is 41.0 Å². The summed E-state index contributed by atoms with van der Waals surface area (Å²) in [5, 5.41) is 6.50. The maximum absolute atomic E-state index is 12.5. The van der Waals surface area contributed by atoms with Gasteiger partial charge in [0.05, 0.1) is 5.56 Å². The predicted molar refractivity (Wildman–Crippen MR) is 95.6 cm³/mol. The van der Waals surface area contributed by atoms with Crippen LogP contribution in [0.25, 0.3) is 5.82 Å². The first-order valence-electron chi connectivity index (χ1n) is 8.76. The van der Waals surface area contributed by atoms with Gasteiger partial charge in [-0.05, 0) is 70.3 Å². The number of piperidine rings is 1. The summed E-state index contributed by atoms with van der Waals surface area (Å²) in [5.74, 6) is 1.54. The van der Waals surface area contributed by atoms with Gasteiger partial charge in [-0.15, -0.1) is 0 Å². The molecular weight excluding hydrogens is 300 g/mol. The van der Waals surface area contributed by atoms with Crippen molar-refractivity contribution in [2.75, 3.05) is 19.6 Å². The minimum atomic E-state index is 0.00838. The average molecular weight is 326 g/mol. The van der Waals surface area contributed by atoms with Gasteiger partial charge in [0.2, 0.25) is 0 Å². The van der Waals surface area contributed by atoms with Crippen molar-refractivity contribution < 1.29 is 4.79 Å². The second kappa shape index (κ2) is 7.62. The van der Waals surface area contributed by atoms with Crippen LogP contribution in [0.3, 0.4) is 0 Å². The van der Waals surface area contributed by atoms with E-state index >= 15 is 0 Å². The van der Waals surface area contributed by atoms with Gasteiger partial charge in [0.15, 0.2) is 0 Å². The molecule has 3 rings (SSSR count). The van der Waals surface area contributed by atoms with Crippen molar-refractivity contribution in [3.8, 4) is 5.82 Å². The van der Waals surface area contributed by atoms with E-state index < -0.39 is 0 Å². The predicted octanol–water partition coefficient (Wildman–Crippen LogP) is 2.61. The van der Waals surface area contributed by atoms with E-state index in [9.17, 15) is 4.79 Å². The zero-order valence-electron chi connectivity index (χ0n) is 14.5. The second-order valence-corrected chi connectivity index (χ2v) is 6.57. The van der Waals surface area contributed by atoms with Gasteiger partial charge in [0.1, 0.15) is 5.82 Å². The summed E-state index contributed by atoms with van der Waals surface area (Å²) >= 11 is 0. The van der Waals surface area contributed by atoms with Crippen LogP contribution < -0.4 is 10.6 Å². The molecule has 1 aliphatic heterocycles. The number of hydrogen-bond donors (Lipinski definition) is 2. The fourth-order valence-electron chi connectivity index (χ4n) is 3.49. The highest BCUT2D eigenvalue weighted by atomic mass is 16.1. The first-order chi connectivity index (χ1) is 11.7. The Bertz CT molecular complexity index is 687. The lowest BCUT2D eigenvalue weighted by Crippen LogP contribution is -2.33. The molecule has 0 radical (unpaired) electrons. The Morgan fingerprint density at radius 3 is 3.00 bits per heavy atom. The summed E-state index contributed by atoms with van der Waals surface area (Å²) < 4.78 is 2.03. The number of aromatic nitrogens is 2. The van der Waals surface area contributed by atoms with Crippen molar-refractivity contribution in [1.29, 1.82) is 0 Å². The van der Waals surface area contributed by atoms with Crippen LogP contribution in [0.15, 0.2) is 30.5 Å². The molecule has 2 aromatic heterocycles. The number of pyridine rings is 1. The highest BCUT2D eigenvalue weighted by Crippen LogP contribution is 2.19. The molecule has 3 heterocycles. The Morgan fingerprint density at radius 1 is 1.42 bits per heavy atom. The molecule has 1 atom stereocenters. The van der Waals surface area contributed by atoms with E-state index in [1.165, 1.54) is 12.8 Å². The zero-order chi connectivity index (χ0) is 16.9. The maximum Gasteiger partial charge on any atom is 0.253 e. The van der Waals surface area contributed by atoms with E-state index in [2.05, 4.69) is 15.6 Å². The Morgan fingerprint density at radius 2 is 2.29 bits per heavy atom. The molecule has 0 saturated carbocycles. The largest absolute Gasteiger partial charge is 0.352 e. The summed E-state index contributed by atoms with van der Waals surface area (Å²) in [6.45, 7) is 6.92. The van der Waals surface area contributed by atoms with E-state index in [-0.39, 0.29) is 5.91 Å². The van der Waals surface area contributed by atoms with Crippen LogP contribution in [0, 0.1) is 19.8 Å². The number of carbonyl (C=O) groups is 1. The number of amides is 1. The highest BCUT2D eigenvalue weighted by molar-refractivity contribution is 5.95. The number of rotatable bonds is 5. The summed E-state index contributed by atoms with van der Waals surface area (Å²) in [6, 6.07) is 7.75. The van der Waals surface area contributed by atoms with Gasteiger partial charge in [-0.25, -0.2) is 4.98 Å². The normalized spacial score (nSPS) is 17.7. The molecule has 128 valence electrons. The SMILES string of the molecule is Cc1cc(C(=O)NCCC2CCCNC2)c(C)n1-c1ccccn1. The molecule has 5 nitrogen and oxygen atoms in total. The van der Waals surface area contributed by atoms with E-state index in [1.54, 1.807) is 6.20 Å². The van der Waals surface area contributed by atoms with E-state index in [4.69, 9.17) is 0 Å². The fraction of sp³-hybridized carbons (Fsp3) is 0.474. The molecule has 24 heavy (non-hydrogen) atoms. The molecule has 1 fully saturated rings. The van der Waals surface area contributed by atoms with Gasteiger partial charge in [0, 0.05) is 24.1 Å². The monoisotopic (exact) mass is 326 g/mol. The molecule has 1 amide bonds. The van der Waals surface area contributed by atoms with E-state index in [0.29, 0.717) is 5.92 Å². The quantitative estimate of drug-likeness (QED) is 0.888. The molecule has 1 saturated heterocycles. The molecule has 2 aromatic rings. The lowest BCUT2D eigenvalue weighted by Gasteiger charge is -2.22. The van der Waals surface area contributed by atoms with Crippen LogP contribution in [-0.4, -0.2) is 35.1 Å². The second-order valence-electron chi connectivity index (χ2n) is 6.57. The molecule has 0 bridgehead atoms. The summed E-state index contributed by atoms with van der Waals surface area (Å²) in [7, 11) is 0. The van der Waals surface area contributed by atoms with Crippen molar-refractivity contribution >= 4 is 5.91 Å².